The van der Waals surface area contributed by atoms with Gasteiger partial charge in [-0.2, -0.15) is 0 Å². The van der Waals surface area contributed by atoms with Crippen LogP contribution in [0.3, 0.4) is 0 Å². The standard InChI is InChI=1S/C76H76N4OSi/c1-73(2,3)54-27-23-26-52(44-54)63-34-25-35-64(53-45-56(75(7,8)9)47-57(46-53)76(10,11)12)72(63)79-51-78(65-36-19-20-37-66(65)79)58-28-24-29-59(49-58)81-60-40-41-70-68(50-60)80(71-48-55(42-43-77-71)74(4,5)6)67-38-21-22-39-69(67)82(70,61-30-15-13-16-31-61)62-32-17-14-18-33-62/h13-50H,51H2,1-12H3. The second kappa shape index (κ2) is 20.5. The number of anilines is 7. The van der Waals surface area contributed by atoms with Gasteiger partial charge in [0.25, 0.3) is 0 Å². The molecule has 6 heteroatoms. The van der Waals surface area contributed by atoms with Gasteiger partial charge in [-0.15, -0.1) is 0 Å². The number of benzene rings is 9. The lowest BCUT2D eigenvalue weighted by Crippen LogP contribution is -2.77. The summed E-state index contributed by atoms with van der Waals surface area (Å²) in [6, 6.07) is 83.5. The van der Waals surface area contributed by atoms with Gasteiger partial charge < -0.3 is 14.5 Å². The van der Waals surface area contributed by atoms with Crippen LogP contribution in [0.2, 0.25) is 0 Å². The van der Waals surface area contributed by atoms with Crippen LogP contribution in [-0.2, 0) is 21.7 Å². The Labute approximate surface area is 488 Å². The lowest BCUT2D eigenvalue weighted by Gasteiger charge is -2.44. The first-order valence-corrected chi connectivity index (χ1v) is 31.1. The fraction of sp³-hybridized carbons (Fsp3) is 0.224. The number of fused-ring (bicyclic) bond motifs is 3. The van der Waals surface area contributed by atoms with Crippen LogP contribution in [0.1, 0.15) is 105 Å². The zero-order valence-electron chi connectivity index (χ0n) is 49.8. The molecule has 10 aromatic rings. The third-order valence-electron chi connectivity index (χ3n) is 16.9. The van der Waals surface area contributed by atoms with Crippen LogP contribution < -0.4 is 40.2 Å². The SMILES string of the molecule is CC(C)(C)c1cccc(-c2cccc(-c3cc(C(C)(C)C)cc(C(C)(C)C)c3)c2N2CN(c3cccc(Oc4ccc5c(c4)N(c4cc(C(C)(C)C)ccn4)c4ccccc4[Si]5(c4ccccc4)c4ccccc4)c3)c3ccccc32)c1. The Hall–Kier alpha value is -8.45. The first-order valence-electron chi connectivity index (χ1n) is 29.1. The second-order valence-electron chi connectivity index (χ2n) is 26.6. The summed E-state index contributed by atoms with van der Waals surface area (Å²) in [5.41, 5.74) is 16.6. The van der Waals surface area contributed by atoms with E-state index in [1.165, 1.54) is 70.9 Å². The molecule has 0 saturated carbocycles. The molecule has 0 amide bonds. The highest BCUT2D eigenvalue weighted by Gasteiger charge is 2.49. The number of nitrogens with zero attached hydrogens (tertiary/aromatic N) is 4. The van der Waals surface area contributed by atoms with E-state index in [1.54, 1.807) is 0 Å². The van der Waals surface area contributed by atoms with Gasteiger partial charge in [0.1, 0.15) is 24.0 Å². The van der Waals surface area contributed by atoms with Gasteiger partial charge in [-0.05, 0) is 124 Å². The molecule has 0 atom stereocenters. The van der Waals surface area contributed by atoms with Crippen molar-refractivity contribution >= 4 is 68.8 Å². The third kappa shape index (κ3) is 9.81. The predicted octanol–water partition coefficient (Wildman–Crippen LogP) is 17.8. The van der Waals surface area contributed by atoms with E-state index in [-0.39, 0.29) is 21.7 Å². The predicted molar refractivity (Wildman–Crippen MR) is 350 cm³/mol. The number of hydrogen-bond donors (Lipinski definition) is 0. The van der Waals surface area contributed by atoms with Crippen molar-refractivity contribution < 1.29 is 4.74 Å². The first kappa shape index (κ1) is 54.2. The molecule has 0 aliphatic carbocycles. The minimum Gasteiger partial charge on any atom is -0.457 e. The third-order valence-corrected chi connectivity index (χ3v) is 21.7. The molecule has 0 N–H and O–H groups in total. The quantitative estimate of drug-likeness (QED) is 0.135. The number of ether oxygens (including phenoxy) is 1. The van der Waals surface area contributed by atoms with Crippen LogP contribution in [-0.4, -0.2) is 19.7 Å². The largest absolute Gasteiger partial charge is 0.457 e. The van der Waals surface area contributed by atoms with Crippen LogP contribution in [0.4, 0.5) is 39.9 Å². The average molecular weight is 1090 g/mol. The second-order valence-corrected chi connectivity index (χ2v) is 30.3. The average Bonchev–Trinajstić information content (AvgIpc) is 1.83. The molecule has 0 radical (unpaired) electrons. The Balaban J connectivity index is 0.987. The van der Waals surface area contributed by atoms with E-state index in [1.807, 2.05) is 6.20 Å². The Kier molecular flexibility index (Phi) is 13.5. The van der Waals surface area contributed by atoms with Crippen molar-refractivity contribution in [2.45, 2.75) is 105 Å². The lowest BCUT2D eigenvalue weighted by molar-refractivity contribution is 0.483. The molecule has 410 valence electrons. The number of aromatic nitrogens is 1. The minimum absolute atomic E-state index is 0.0175. The van der Waals surface area contributed by atoms with Crippen LogP contribution >= 0.6 is 0 Å². The summed E-state index contributed by atoms with van der Waals surface area (Å²) < 4.78 is 7.17. The molecule has 1 aromatic heterocycles. The molecule has 9 aromatic carbocycles. The van der Waals surface area contributed by atoms with Gasteiger partial charge >= 0.3 is 0 Å². The van der Waals surface area contributed by atoms with E-state index in [2.05, 4.69) is 322 Å². The van der Waals surface area contributed by atoms with Crippen molar-refractivity contribution in [3.8, 4) is 33.8 Å². The monoisotopic (exact) mass is 1090 g/mol. The van der Waals surface area contributed by atoms with Crippen molar-refractivity contribution in [1.29, 1.82) is 0 Å². The van der Waals surface area contributed by atoms with Gasteiger partial charge in [-0.3, -0.25) is 4.90 Å². The number of para-hydroxylation sites is 4. The highest BCUT2D eigenvalue weighted by molar-refractivity contribution is 7.21. The van der Waals surface area contributed by atoms with Gasteiger partial charge in [0.05, 0.1) is 22.7 Å². The van der Waals surface area contributed by atoms with Gasteiger partial charge in [0.2, 0.25) is 0 Å². The molecule has 5 nitrogen and oxygen atoms in total. The number of rotatable bonds is 9. The zero-order chi connectivity index (χ0) is 57.3. The van der Waals surface area contributed by atoms with Crippen LogP contribution in [0.5, 0.6) is 11.5 Å². The van der Waals surface area contributed by atoms with Crippen LogP contribution in [0.15, 0.2) is 231 Å². The van der Waals surface area contributed by atoms with Gasteiger partial charge in [0, 0.05) is 40.8 Å². The van der Waals surface area contributed by atoms with Crippen molar-refractivity contribution in [2.24, 2.45) is 0 Å². The van der Waals surface area contributed by atoms with Crippen molar-refractivity contribution in [2.75, 3.05) is 21.4 Å². The molecule has 2 aliphatic rings. The maximum Gasteiger partial charge on any atom is 0.184 e. The van der Waals surface area contributed by atoms with E-state index in [0.717, 1.165) is 45.8 Å². The molecule has 2 aliphatic heterocycles. The topological polar surface area (TPSA) is 31.8 Å². The van der Waals surface area contributed by atoms with Gasteiger partial charge in [-0.1, -0.05) is 247 Å². The van der Waals surface area contributed by atoms with Crippen LogP contribution in [0.25, 0.3) is 22.3 Å². The lowest BCUT2D eigenvalue weighted by atomic mass is 9.78. The molecule has 0 bridgehead atoms. The highest BCUT2D eigenvalue weighted by atomic mass is 28.3. The molecule has 12 rings (SSSR count). The van der Waals surface area contributed by atoms with E-state index in [9.17, 15) is 0 Å². The molecule has 0 unspecified atom stereocenters. The molecule has 0 spiro atoms. The summed E-state index contributed by atoms with van der Waals surface area (Å²) in [7, 11) is -2.93. The Bertz CT molecular complexity index is 3940. The van der Waals surface area contributed by atoms with E-state index < -0.39 is 8.07 Å². The number of pyridine rings is 1. The molecular weight excluding hydrogens is 1010 g/mol. The summed E-state index contributed by atoms with van der Waals surface area (Å²) in [6.45, 7) is 28.3. The maximum atomic E-state index is 7.17. The van der Waals surface area contributed by atoms with Gasteiger partial charge in [0.15, 0.2) is 8.07 Å². The maximum absolute atomic E-state index is 7.17. The summed E-state index contributed by atoms with van der Waals surface area (Å²) >= 11 is 0. The van der Waals surface area contributed by atoms with E-state index >= 15 is 0 Å². The molecule has 82 heavy (non-hydrogen) atoms. The Morgan fingerprint density at radius 2 is 0.890 bits per heavy atom. The molecular formula is C76H76N4OSi. The summed E-state index contributed by atoms with van der Waals surface area (Å²) in [5, 5.41) is 5.26. The first-order chi connectivity index (χ1) is 39.2. The fourth-order valence-electron chi connectivity index (χ4n) is 12.3. The normalized spacial score (nSPS) is 14.1. The smallest absolute Gasteiger partial charge is 0.184 e. The zero-order valence-corrected chi connectivity index (χ0v) is 50.8. The molecule has 0 fully saturated rings. The van der Waals surface area contributed by atoms with E-state index in [4.69, 9.17) is 9.72 Å². The van der Waals surface area contributed by atoms with Crippen molar-refractivity contribution in [3.05, 3.63) is 253 Å². The summed E-state index contributed by atoms with van der Waals surface area (Å²) in [4.78, 5) is 12.5. The van der Waals surface area contributed by atoms with Crippen molar-refractivity contribution in [3.63, 3.8) is 0 Å². The van der Waals surface area contributed by atoms with E-state index in [0.29, 0.717) is 6.67 Å². The Morgan fingerprint density at radius 3 is 1.52 bits per heavy atom. The van der Waals surface area contributed by atoms with Crippen LogP contribution in [0, 0.1) is 0 Å². The minimum atomic E-state index is -2.93. The molecule has 0 saturated heterocycles. The summed E-state index contributed by atoms with van der Waals surface area (Å²) in [6.07, 6.45) is 1.96. The molecule has 3 heterocycles. The summed E-state index contributed by atoms with van der Waals surface area (Å²) in [5.74, 6) is 2.39. The Morgan fingerprint density at radius 1 is 0.378 bits per heavy atom. The van der Waals surface area contributed by atoms with Crippen molar-refractivity contribution in [1.82, 2.24) is 4.98 Å². The van der Waals surface area contributed by atoms with Gasteiger partial charge in [-0.25, -0.2) is 4.98 Å². The fourth-order valence-corrected chi connectivity index (χ4v) is 17.4. The highest BCUT2D eigenvalue weighted by Crippen LogP contribution is 2.52. The number of hydrogen-bond acceptors (Lipinski definition) is 5.